The zero-order chi connectivity index (χ0) is 97.9. The second-order valence-corrected chi connectivity index (χ2v) is 37.4. The summed E-state index contributed by atoms with van der Waals surface area (Å²) in [4.78, 5) is 145. The van der Waals surface area contributed by atoms with Crippen LogP contribution in [0.4, 0.5) is 26.3 Å². The highest BCUT2D eigenvalue weighted by atomic mass is 127. The first kappa shape index (κ1) is 104. The lowest BCUT2D eigenvalue weighted by molar-refractivity contribution is -0.166. The third-order valence-electron chi connectivity index (χ3n) is 24.5. The van der Waals surface area contributed by atoms with Gasteiger partial charge in [0.15, 0.2) is 22.8 Å². The number of carbonyl (C=O) groups is 8. The number of hydrogen-bond acceptors (Lipinski definition) is 23. The Labute approximate surface area is 801 Å². The minimum Gasteiger partial charge on any atom is -0.502 e. The fraction of sp³-hybridized carbons (Fsp3) is 0.434. The summed E-state index contributed by atoms with van der Waals surface area (Å²) in [5.41, 5.74) is 6.56. The van der Waals surface area contributed by atoms with Crippen LogP contribution in [0.2, 0.25) is 0 Å². The fourth-order valence-electron chi connectivity index (χ4n) is 18.1. The van der Waals surface area contributed by atoms with E-state index in [1.165, 1.54) is 86.8 Å². The Morgan fingerprint density at radius 2 is 0.676 bits per heavy atom. The summed E-state index contributed by atoms with van der Waals surface area (Å²) in [6.45, 7) is 21.5. The molecular formula is C99H110ClF6IN10O19. The van der Waals surface area contributed by atoms with Crippen molar-refractivity contribution in [2.24, 2.45) is 35.3 Å². The van der Waals surface area contributed by atoms with Crippen LogP contribution in [-0.4, -0.2) is 170 Å². The van der Waals surface area contributed by atoms with Gasteiger partial charge in [0.25, 0.3) is 17.7 Å². The molecule has 3 N–H and O–H groups in total. The molecule has 9 heterocycles. The largest absolute Gasteiger partial charge is 0.502 e. The van der Waals surface area contributed by atoms with Crippen LogP contribution < -0.4 is 31.5 Å². The lowest BCUT2D eigenvalue weighted by atomic mass is 9.80. The number of aromatic hydroxyl groups is 1. The van der Waals surface area contributed by atoms with Gasteiger partial charge in [0.1, 0.15) is 56.8 Å². The van der Waals surface area contributed by atoms with Crippen LogP contribution in [-0.2, 0) is 47.7 Å². The molecule has 6 aliphatic heterocycles. The molecule has 0 radical (unpaired) electrons. The van der Waals surface area contributed by atoms with Crippen LogP contribution in [0, 0.1) is 64.5 Å². The van der Waals surface area contributed by atoms with E-state index >= 15 is 0 Å². The smallest absolute Gasteiger partial charge is 0.326 e. The molecule has 3 amide bonds. The van der Waals surface area contributed by atoms with Crippen molar-refractivity contribution in [3.63, 3.8) is 0 Å². The monoisotopic (exact) mass is 2020 g/mol. The number of amides is 3. The molecule has 136 heavy (non-hydrogen) atoms. The van der Waals surface area contributed by atoms with Crippen LogP contribution in [0.3, 0.4) is 0 Å². The van der Waals surface area contributed by atoms with Crippen molar-refractivity contribution < 1.29 is 103 Å². The summed E-state index contributed by atoms with van der Waals surface area (Å²) in [5.74, 6) is -10.8. The quantitative estimate of drug-likeness (QED) is 0.0127. The molecule has 3 aromatic heterocycles. The summed E-state index contributed by atoms with van der Waals surface area (Å²) in [7, 11) is 0. The molecule has 3 saturated heterocycles. The normalized spacial score (nSPS) is 18.1. The van der Waals surface area contributed by atoms with Gasteiger partial charge in [0.2, 0.25) is 41.4 Å². The first-order chi connectivity index (χ1) is 64.0. The van der Waals surface area contributed by atoms with Crippen LogP contribution in [0.5, 0.6) is 17.2 Å². The van der Waals surface area contributed by atoms with Gasteiger partial charge in [-0.3, -0.25) is 66.8 Å². The molecule has 6 aliphatic rings. The van der Waals surface area contributed by atoms with Crippen molar-refractivity contribution in [1.29, 1.82) is 0 Å². The van der Waals surface area contributed by atoms with Crippen LogP contribution >= 0.6 is 35.0 Å². The third-order valence-corrected chi connectivity index (χ3v) is 24.8. The van der Waals surface area contributed by atoms with E-state index in [2.05, 4.69) is 15.3 Å². The molecule has 3 fully saturated rings. The Bertz CT molecular complexity index is 5830. The van der Waals surface area contributed by atoms with E-state index in [4.69, 9.17) is 38.9 Å². The molecule has 0 bridgehead atoms. The van der Waals surface area contributed by atoms with E-state index in [1.54, 1.807) is 157 Å². The van der Waals surface area contributed by atoms with Gasteiger partial charge in [-0.2, -0.15) is 15.3 Å². The Kier molecular flexibility index (Phi) is 34.5. The Hall–Kier alpha value is -12.3. The van der Waals surface area contributed by atoms with Crippen molar-refractivity contribution in [2.75, 3.05) is 37.8 Å². The molecule has 0 saturated carbocycles. The molecule has 9 atom stereocenters. The maximum Gasteiger partial charge on any atom is 0.326 e. The minimum atomic E-state index is -0.875. The predicted molar refractivity (Wildman–Crippen MR) is 496 cm³/mol. The maximum atomic E-state index is 14.0. The minimum absolute atomic E-state index is 0. The van der Waals surface area contributed by atoms with Crippen LogP contribution in [0.25, 0.3) is 0 Å². The second-order valence-electron chi connectivity index (χ2n) is 36.8. The van der Waals surface area contributed by atoms with Crippen LogP contribution in [0.15, 0.2) is 179 Å². The molecule has 15 rings (SSSR count). The van der Waals surface area contributed by atoms with E-state index in [1.807, 2.05) is 36.4 Å². The third kappa shape index (κ3) is 24.4. The predicted octanol–water partition coefficient (Wildman–Crippen LogP) is 15.3. The molecule has 0 aliphatic carbocycles. The second kappa shape index (κ2) is 45.1. The summed E-state index contributed by atoms with van der Waals surface area (Å²) in [6, 6.07) is 32.5. The number of esters is 5. The summed E-state index contributed by atoms with van der Waals surface area (Å²) in [5, 5.41) is 23.4. The lowest BCUT2D eigenvalue weighted by Gasteiger charge is -2.42. The number of aromatic nitrogens is 6. The Balaban J connectivity index is 0.000000182. The van der Waals surface area contributed by atoms with Crippen molar-refractivity contribution >= 4 is 82.6 Å². The molecule has 0 spiro atoms. The van der Waals surface area contributed by atoms with Crippen molar-refractivity contribution in [3.8, 4) is 17.2 Å². The Morgan fingerprint density at radius 1 is 0.412 bits per heavy atom. The Morgan fingerprint density at radius 3 is 0.949 bits per heavy atom. The highest BCUT2D eigenvalue weighted by Crippen LogP contribution is 2.50. The highest BCUT2D eigenvalue weighted by molar-refractivity contribution is 14.1. The standard InChI is InChI=1S/C35H39F2N3O7.C29H30F2N4O5.C23H19F2N3O3.C12H21IO4.ClH/c1-20(2)25(17-28(42)47-35(3,4)5)34(44)46-19-45-32-27(41)18-38-40-30(26-7-6-16-39(26)33(43)31(32)40)29(21-8-12-23(36)13-9-21)22-10-14-24(37)15-11-22;1-16(2)24(32)29(38)40-15-39-27-22(36)14-33-35-25(21-4-3-13-34(21)28(37)26(27)35)23(17-5-9-19(30)10-6-17)18-7-11-20(31)12-8-18;24-15-7-3-13(4-8-15)19(14-5-9-16(25)10-6-14)20-17-2-1-11-27(17)23(31)21-22(30)18(29)12-26-28(20)21;1-8(2)9(11(15)16-7-13)6-10(14)17-12(3,4)5;/h8-15,18,20,25-26,29-30H,6-7,16-17,19H2,1-5H3;5-12,14,16,21,23-25H,3-4,13,15,32H2,1-2H3;3-10,12,17,19-20,30H,1-2,11H2;8-9H,6-7H2,1-5H3;1H/t25-,26+,30+;21-,24+,25-;17-,20-;9-;/m0110./s1. The zero-order valence-corrected chi connectivity index (χ0v) is 80.1. The van der Waals surface area contributed by atoms with E-state index in [-0.39, 0.29) is 113 Å². The van der Waals surface area contributed by atoms with Gasteiger partial charge in [0.05, 0.1) is 79.5 Å². The number of halogens is 8. The average molecular weight is 2020 g/mol. The summed E-state index contributed by atoms with van der Waals surface area (Å²) in [6.07, 6.45) is 7.18. The number of ether oxygens (including phenoxy) is 7. The summed E-state index contributed by atoms with van der Waals surface area (Å²) >= 11 is 1.96. The number of benzene rings is 6. The van der Waals surface area contributed by atoms with Gasteiger partial charge in [-0.05, 0) is 227 Å². The van der Waals surface area contributed by atoms with Gasteiger partial charge in [-0.15, -0.1) is 12.4 Å². The highest BCUT2D eigenvalue weighted by Gasteiger charge is 2.52. The van der Waals surface area contributed by atoms with Crippen LogP contribution in [0.1, 0.15) is 235 Å². The number of nitrogens with two attached hydrogens (primary N) is 1. The number of alkyl halides is 1. The van der Waals surface area contributed by atoms with E-state index in [9.17, 15) is 84.2 Å². The maximum absolute atomic E-state index is 14.0. The van der Waals surface area contributed by atoms with E-state index < -0.39 is 159 Å². The SMILES string of the molecule is CC(C)[C@H](CC(=O)OC(C)(C)C)C(=O)OCI.CC(C)[C@H](CC(=O)OC(C)(C)C)C(=O)OCOc1c2n(ncc1=O)[C@@H](C(c1ccc(F)cc1)c1ccc(F)cc1)[C@H]1CCCN1C2=O.CC(C)[C@H](N)C(=O)OCOc1c2n(ncc1=O)[C@@H](C(c1ccc(F)cc1)c1ccc(F)cc1)[C@H]1CCCN1C2=O.Cl.O=C1c2c(O)c(=O)cnn2[C@@H](C(c2ccc(F)cc2)c2ccc(F)cc2)[C@H]2CCCN12. The van der Waals surface area contributed by atoms with E-state index in [0.29, 0.717) is 61.1 Å². The van der Waals surface area contributed by atoms with Gasteiger partial charge >= 0.3 is 29.8 Å². The van der Waals surface area contributed by atoms with Crippen molar-refractivity contribution in [1.82, 2.24) is 44.0 Å². The zero-order valence-electron chi connectivity index (χ0n) is 77.1. The van der Waals surface area contributed by atoms with Gasteiger partial charge < -0.3 is 58.7 Å². The topological polar surface area (TPSA) is 362 Å². The number of nitrogens with zero attached hydrogens (tertiary/aromatic N) is 9. The molecule has 9 aromatic rings. The number of fused-ring (bicyclic) bond motifs is 6. The fourth-order valence-corrected chi connectivity index (χ4v) is 18.4. The van der Waals surface area contributed by atoms with Crippen molar-refractivity contribution in [3.05, 3.63) is 280 Å². The van der Waals surface area contributed by atoms with Gasteiger partial charge in [-0.1, -0.05) is 114 Å². The number of carbonyl (C=O) groups excluding carboxylic acids is 8. The molecule has 37 heteroatoms. The number of rotatable bonds is 26. The lowest BCUT2D eigenvalue weighted by Crippen LogP contribution is -2.51. The van der Waals surface area contributed by atoms with Gasteiger partial charge in [0, 0.05) is 37.4 Å². The molecule has 29 nitrogen and oxygen atoms in total. The van der Waals surface area contributed by atoms with Gasteiger partial charge in [-0.25, -0.2) is 26.3 Å². The number of hydrogen-bond donors (Lipinski definition) is 2. The van der Waals surface area contributed by atoms with Crippen molar-refractivity contribution in [2.45, 2.75) is 206 Å². The molecular weight excluding hydrogens is 1910 g/mol. The van der Waals surface area contributed by atoms with E-state index in [0.717, 1.165) is 53.7 Å². The first-order valence-electron chi connectivity index (χ1n) is 44.6. The first-order valence-corrected chi connectivity index (χ1v) is 46.1. The average Bonchev–Trinajstić information content (AvgIpc) is 1.36. The molecule has 0 unspecified atom stereocenters. The molecule has 6 aromatic carbocycles. The summed E-state index contributed by atoms with van der Waals surface area (Å²) < 4.78 is 125. The molecule has 726 valence electrons.